The minimum Gasteiger partial charge on any atom is -0.478 e. The van der Waals surface area contributed by atoms with Gasteiger partial charge in [-0.15, -0.1) is 0 Å². The fourth-order valence-corrected chi connectivity index (χ4v) is 3.38. The Morgan fingerprint density at radius 2 is 1.77 bits per heavy atom. The average Bonchev–Trinajstić information content (AvgIpc) is 3.39. The Hall–Kier alpha value is -3.82. The molecule has 2 N–H and O–H groups in total. The minimum absolute atomic E-state index is 0. The molecule has 0 aliphatic heterocycles. The summed E-state index contributed by atoms with van der Waals surface area (Å²) in [5.41, 5.74) is -4.81. The molecule has 0 aliphatic rings. The van der Waals surface area contributed by atoms with E-state index < -0.39 is 46.6 Å². The number of halogens is 6. The van der Waals surface area contributed by atoms with Gasteiger partial charge in [0.15, 0.2) is 5.52 Å². The second-order valence-electron chi connectivity index (χ2n) is 7.16. The number of aromatic amines is 1. The summed E-state index contributed by atoms with van der Waals surface area (Å²) in [5.74, 6) is -1.48. The normalized spacial score (nSPS) is 13.0. The third-order valence-corrected chi connectivity index (χ3v) is 4.99. The van der Waals surface area contributed by atoms with E-state index in [0.29, 0.717) is 18.2 Å². The number of benzene rings is 1. The van der Waals surface area contributed by atoms with Gasteiger partial charge in [-0.25, -0.2) is 14.5 Å². The number of carboxylic acid groups (broad SMARTS) is 1. The lowest BCUT2D eigenvalue weighted by Crippen LogP contribution is -2.21. The molecule has 0 saturated heterocycles. The maximum Gasteiger partial charge on any atom is 0.416 e. The molecule has 16 heteroatoms. The van der Waals surface area contributed by atoms with Gasteiger partial charge in [-0.05, 0) is 30.7 Å². The minimum atomic E-state index is -4.96. The molecular weight excluding hydrogens is 506 g/mol. The molecule has 35 heavy (non-hydrogen) atoms. The van der Waals surface area contributed by atoms with Crippen molar-refractivity contribution in [2.75, 3.05) is 0 Å². The van der Waals surface area contributed by atoms with Crippen LogP contribution in [0.15, 0.2) is 41.6 Å². The summed E-state index contributed by atoms with van der Waals surface area (Å²) in [6.45, 7) is 1.16. The van der Waals surface area contributed by atoms with Crippen molar-refractivity contribution in [3.63, 3.8) is 0 Å². The molecular formula is C19H14F6N6O3S. The Balaban J connectivity index is 0.00000342. The number of aromatic nitrogens is 6. The number of rotatable bonds is 4. The Bertz CT molecular complexity index is 1470. The number of carbonyl (C=O) groups is 1. The highest BCUT2D eigenvalue weighted by Crippen LogP contribution is 2.39. The van der Waals surface area contributed by atoms with Crippen LogP contribution in [0.25, 0.3) is 17.0 Å². The maximum atomic E-state index is 13.5. The van der Waals surface area contributed by atoms with Gasteiger partial charge in [0.2, 0.25) is 5.95 Å². The quantitative estimate of drug-likeness (QED) is 0.396. The second-order valence-corrected chi connectivity index (χ2v) is 7.16. The van der Waals surface area contributed by atoms with Gasteiger partial charge in [-0.1, -0.05) is 0 Å². The molecule has 0 saturated carbocycles. The highest BCUT2D eigenvalue weighted by Gasteiger charge is 2.38. The summed E-state index contributed by atoms with van der Waals surface area (Å²) in [6.07, 6.45) is -6.73. The van der Waals surface area contributed by atoms with Crippen LogP contribution < -0.4 is 5.56 Å². The molecule has 0 amide bonds. The van der Waals surface area contributed by atoms with E-state index in [2.05, 4.69) is 20.2 Å². The average molecular weight is 520 g/mol. The van der Waals surface area contributed by atoms with Gasteiger partial charge in [0.05, 0.1) is 35.1 Å². The summed E-state index contributed by atoms with van der Waals surface area (Å²) < 4.78 is 81.9. The number of H-pyrrole nitrogens is 1. The zero-order valence-electron chi connectivity index (χ0n) is 17.3. The van der Waals surface area contributed by atoms with Crippen molar-refractivity contribution >= 4 is 30.5 Å². The zero-order chi connectivity index (χ0) is 25.0. The van der Waals surface area contributed by atoms with Gasteiger partial charge >= 0.3 is 18.3 Å². The van der Waals surface area contributed by atoms with Crippen LogP contribution in [0, 0.1) is 0 Å². The van der Waals surface area contributed by atoms with Crippen LogP contribution in [0.1, 0.15) is 40.0 Å². The molecule has 186 valence electrons. The van der Waals surface area contributed by atoms with Gasteiger partial charge in [-0.2, -0.15) is 50.0 Å². The third-order valence-electron chi connectivity index (χ3n) is 4.99. The lowest BCUT2D eigenvalue weighted by atomic mass is 9.97. The van der Waals surface area contributed by atoms with E-state index in [-0.39, 0.29) is 36.0 Å². The van der Waals surface area contributed by atoms with Crippen molar-refractivity contribution < 1.29 is 36.2 Å². The lowest BCUT2D eigenvalue weighted by molar-refractivity contribution is -0.142. The smallest absolute Gasteiger partial charge is 0.416 e. The van der Waals surface area contributed by atoms with Crippen LogP contribution in [-0.2, 0) is 12.4 Å². The van der Waals surface area contributed by atoms with Crippen molar-refractivity contribution in [2.24, 2.45) is 0 Å². The van der Waals surface area contributed by atoms with Gasteiger partial charge in [0.1, 0.15) is 5.52 Å². The number of hydrogen-bond acceptors (Lipinski definition) is 5. The summed E-state index contributed by atoms with van der Waals surface area (Å²) >= 11 is 0. The molecule has 1 atom stereocenters. The van der Waals surface area contributed by atoms with Crippen molar-refractivity contribution in [1.82, 2.24) is 29.5 Å². The molecule has 4 rings (SSSR count). The van der Waals surface area contributed by atoms with E-state index in [9.17, 15) is 35.9 Å². The Labute approximate surface area is 197 Å². The first-order valence-corrected chi connectivity index (χ1v) is 9.31. The first kappa shape index (κ1) is 25.8. The molecule has 0 spiro atoms. The maximum absolute atomic E-state index is 13.5. The standard InChI is InChI=1S/C19H12F6N6O3.H2S/c1-8(11-4-10(18(20,21)22)2-3-12(11)19(23,24)25)31-14-13(6-27-31)28-17(29-15(14)32)30-7-9(5-26-30)16(33)34;/h2-8H,1H3,(H,33,34)(H,28,29,32);1H2/t8-;/m0./s1. The molecule has 4 aromatic rings. The molecule has 0 fully saturated rings. The van der Waals surface area contributed by atoms with Gasteiger partial charge < -0.3 is 5.11 Å². The Kier molecular flexibility index (Phi) is 6.45. The number of fused-ring (bicyclic) bond motifs is 1. The highest BCUT2D eigenvalue weighted by atomic mass is 32.1. The van der Waals surface area contributed by atoms with Crippen molar-refractivity contribution in [3.05, 3.63) is 69.4 Å². The number of hydrogen-bond donors (Lipinski definition) is 2. The molecule has 0 radical (unpaired) electrons. The fourth-order valence-electron chi connectivity index (χ4n) is 3.38. The summed E-state index contributed by atoms with van der Waals surface area (Å²) in [7, 11) is 0. The number of aromatic carboxylic acids is 1. The van der Waals surface area contributed by atoms with Crippen LogP contribution in [0.2, 0.25) is 0 Å². The molecule has 1 aromatic carbocycles. The molecule has 0 unspecified atom stereocenters. The summed E-state index contributed by atoms with van der Waals surface area (Å²) in [4.78, 5) is 30.1. The Morgan fingerprint density at radius 1 is 1.09 bits per heavy atom. The zero-order valence-corrected chi connectivity index (χ0v) is 18.3. The molecule has 3 heterocycles. The second kappa shape index (κ2) is 8.75. The van der Waals surface area contributed by atoms with E-state index in [0.717, 1.165) is 34.9 Å². The summed E-state index contributed by atoms with van der Waals surface area (Å²) in [5, 5.41) is 16.6. The van der Waals surface area contributed by atoms with Gasteiger partial charge in [0, 0.05) is 6.20 Å². The van der Waals surface area contributed by atoms with Crippen LogP contribution in [-0.4, -0.2) is 40.6 Å². The fraction of sp³-hybridized carbons (Fsp3) is 0.211. The Morgan fingerprint density at radius 3 is 2.34 bits per heavy atom. The summed E-state index contributed by atoms with van der Waals surface area (Å²) in [6, 6.07) is -0.406. The molecule has 9 nitrogen and oxygen atoms in total. The van der Waals surface area contributed by atoms with Crippen LogP contribution in [0.5, 0.6) is 0 Å². The first-order valence-electron chi connectivity index (χ1n) is 9.31. The topological polar surface area (TPSA) is 119 Å². The number of alkyl halides is 6. The predicted molar refractivity (Wildman–Crippen MR) is 113 cm³/mol. The first-order chi connectivity index (χ1) is 15.8. The van der Waals surface area contributed by atoms with E-state index in [1.165, 1.54) is 0 Å². The van der Waals surface area contributed by atoms with E-state index >= 15 is 0 Å². The molecule has 0 bridgehead atoms. The lowest BCUT2D eigenvalue weighted by Gasteiger charge is -2.21. The largest absolute Gasteiger partial charge is 0.478 e. The van der Waals surface area contributed by atoms with Gasteiger partial charge in [-0.3, -0.25) is 14.5 Å². The van der Waals surface area contributed by atoms with Crippen LogP contribution in [0.4, 0.5) is 26.3 Å². The van der Waals surface area contributed by atoms with Crippen LogP contribution in [0.3, 0.4) is 0 Å². The van der Waals surface area contributed by atoms with Crippen molar-refractivity contribution in [1.29, 1.82) is 0 Å². The molecule has 3 aromatic heterocycles. The number of carboxylic acids is 1. The van der Waals surface area contributed by atoms with Gasteiger partial charge in [0.25, 0.3) is 5.56 Å². The van der Waals surface area contributed by atoms with Crippen molar-refractivity contribution in [2.45, 2.75) is 25.3 Å². The van der Waals surface area contributed by atoms with E-state index in [1.54, 1.807) is 0 Å². The monoisotopic (exact) mass is 520 g/mol. The number of nitrogens with zero attached hydrogens (tertiary/aromatic N) is 5. The van der Waals surface area contributed by atoms with Crippen molar-refractivity contribution in [3.8, 4) is 5.95 Å². The predicted octanol–water partition coefficient (Wildman–Crippen LogP) is 3.76. The van der Waals surface area contributed by atoms with E-state index in [4.69, 9.17) is 5.11 Å². The van der Waals surface area contributed by atoms with Crippen LogP contribution >= 0.6 is 13.5 Å². The number of nitrogens with one attached hydrogen (secondary N) is 1. The highest BCUT2D eigenvalue weighted by molar-refractivity contribution is 7.59. The molecule has 0 aliphatic carbocycles. The SMILES string of the molecule is C[C@@H](c1cc(C(F)(F)F)ccc1C(F)(F)F)n1ncc2nc(-n3cc(C(=O)O)cn3)[nH]c(=O)c21.S. The van der Waals surface area contributed by atoms with E-state index in [1.807, 2.05) is 0 Å². The third kappa shape index (κ3) is 4.73.